The van der Waals surface area contributed by atoms with E-state index in [4.69, 9.17) is 4.74 Å². The van der Waals surface area contributed by atoms with E-state index >= 15 is 0 Å². The predicted octanol–water partition coefficient (Wildman–Crippen LogP) is 4.39. The first-order valence-corrected chi connectivity index (χ1v) is 9.26. The zero-order valence-corrected chi connectivity index (χ0v) is 15.8. The van der Waals surface area contributed by atoms with Crippen molar-refractivity contribution >= 4 is 5.91 Å². The molecule has 8 heteroatoms. The van der Waals surface area contributed by atoms with Gasteiger partial charge in [-0.15, -0.1) is 0 Å². The van der Waals surface area contributed by atoms with E-state index in [2.05, 4.69) is 0 Å². The Hall–Kier alpha value is -2.61. The highest BCUT2D eigenvalue weighted by atomic mass is 19.4. The minimum atomic E-state index is -4.68. The Morgan fingerprint density at radius 3 is 2.48 bits per heavy atom. The van der Waals surface area contributed by atoms with E-state index in [0.717, 1.165) is 31.0 Å². The van der Waals surface area contributed by atoms with Gasteiger partial charge in [0, 0.05) is 18.7 Å². The Balaban J connectivity index is 1.97. The SMILES string of the molecule is CC(Oc1cc(-c2cc(CO)ccc2F)cc(C(F)(F)F)c1)C(=O)N1CCCC1. The number of aliphatic hydroxyl groups is 1. The number of hydrogen-bond acceptors (Lipinski definition) is 3. The highest BCUT2D eigenvalue weighted by Crippen LogP contribution is 2.37. The number of nitrogens with zero attached hydrogens (tertiary/aromatic N) is 1. The second kappa shape index (κ2) is 8.41. The molecule has 0 radical (unpaired) electrons. The maximum absolute atomic E-state index is 14.3. The lowest BCUT2D eigenvalue weighted by Crippen LogP contribution is -2.38. The summed E-state index contributed by atoms with van der Waals surface area (Å²) in [5, 5.41) is 9.25. The molecule has 1 atom stereocenters. The van der Waals surface area contributed by atoms with Crippen LogP contribution in [0.15, 0.2) is 36.4 Å². The van der Waals surface area contributed by atoms with E-state index in [9.17, 15) is 27.5 Å². The van der Waals surface area contributed by atoms with Crippen LogP contribution in [0.4, 0.5) is 17.6 Å². The first kappa shape index (κ1) is 21.1. The highest BCUT2D eigenvalue weighted by Gasteiger charge is 2.32. The predicted molar refractivity (Wildman–Crippen MR) is 98.7 cm³/mol. The molecular formula is C21H21F4NO3. The molecule has 0 aliphatic carbocycles. The molecule has 1 saturated heterocycles. The van der Waals surface area contributed by atoms with E-state index < -0.39 is 23.7 Å². The van der Waals surface area contributed by atoms with Gasteiger partial charge in [-0.25, -0.2) is 4.39 Å². The molecule has 0 spiro atoms. The molecular weight excluding hydrogens is 390 g/mol. The fourth-order valence-electron chi connectivity index (χ4n) is 3.33. The van der Waals surface area contributed by atoms with Gasteiger partial charge in [-0.2, -0.15) is 13.2 Å². The van der Waals surface area contributed by atoms with Crippen molar-refractivity contribution in [3.63, 3.8) is 0 Å². The zero-order chi connectivity index (χ0) is 21.2. The number of amides is 1. The van der Waals surface area contributed by atoms with Crippen LogP contribution in [-0.2, 0) is 17.6 Å². The summed E-state index contributed by atoms with van der Waals surface area (Å²) in [6.07, 6.45) is -3.89. The van der Waals surface area contributed by atoms with Gasteiger partial charge in [0.15, 0.2) is 6.10 Å². The lowest BCUT2D eigenvalue weighted by molar-refractivity contribution is -0.137. The minimum absolute atomic E-state index is 0.0524. The summed E-state index contributed by atoms with van der Waals surface area (Å²) in [4.78, 5) is 14.0. The highest BCUT2D eigenvalue weighted by molar-refractivity contribution is 5.81. The number of benzene rings is 2. The van der Waals surface area contributed by atoms with Crippen molar-refractivity contribution < 1.29 is 32.2 Å². The molecule has 1 aliphatic heterocycles. The monoisotopic (exact) mass is 411 g/mol. The first-order chi connectivity index (χ1) is 13.7. The molecule has 0 aromatic heterocycles. The topological polar surface area (TPSA) is 49.8 Å². The van der Waals surface area contributed by atoms with Gasteiger partial charge >= 0.3 is 6.18 Å². The lowest BCUT2D eigenvalue weighted by Gasteiger charge is -2.22. The standard InChI is InChI=1S/C21H21F4NO3/c1-13(20(28)26-6-2-3-7-26)29-17-10-15(9-16(11-17)21(23,24)25)18-8-14(12-27)4-5-19(18)22/h4-5,8-11,13,27H,2-3,6-7,12H2,1H3. The lowest BCUT2D eigenvalue weighted by atomic mass is 9.99. The third-order valence-electron chi connectivity index (χ3n) is 4.84. The summed E-state index contributed by atoms with van der Waals surface area (Å²) in [5.41, 5.74) is -0.798. The maximum Gasteiger partial charge on any atom is 0.416 e. The Morgan fingerprint density at radius 1 is 1.17 bits per heavy atom. The molecule has 1 aliphatic rings. The Kier molecular flexibility index (Phi) is 6.12. The fourth-order valence-corrected chi connectivity index (χ4v) is 3.33. The first-order valence-electron chi connectivity index (χ1n) is 9.26. The largest absolute Gasteiger partial charge is 0.481 e. The molecule has 1 unspecified atom stereocenters. The molecule has 2 aromatic rings. The van der Waals surface area contributed by atoms with Crippen LogP contribution in [0.1, 0.15) is 30.9 Å². The van der Waals surface area contributed by atoms with E-state index in [1.54, 1.807) is 4.90 Å². The third-order valence-corrected chi connectivity index (χ3v) is 4.84. The average Bonchev–Trinajstić information content (AvgIpc) is 3.21. The van der Waals surface area contributed by atoms with Gasteiger partial charge < -0.3 is 14.7 Å². The third kappa shape index (κ3) is 4.87. The van der Waals surface area contributed by atoms with Crippen LogP contribution >= 0.6 is 0 Å². The smallest absolute Gasteiger partial charge is 0.416 e. The molecule has 1 amide bonds. The van der Waals surface area contributed by atoms with Crippen molar-refractivity contribution in [3.8, 4) is 16.9 Å². The number of rotatable bonds is 5. The molecule has 1 fully saturated rings. The minimum Gasteiger partial charge on any atom is -0.481 e. The summed E-state index contributed by atoms with van der Waals surface area (Å²) in [6.45, 7) is 2.30. The maximum atomic E-state index is 14.3. The number of likely N-dealkylation sites (tertiary alicyclic amines) is 1. The number of carbonyl (C=O) groups excluding carboxylic acids is 1. The Labute approximate surface area is 165 Å². The molecule has 0 bridgehead atoms. The van der Waals surface area contributed by atoms with Gasteiger partial charge in [0.2, 0.25) is 0 Å². The quantitative estimate of drug-likeness (QED) is 0.743. The molecule has 4 nitrogen and oxygen atoms in total. The average molecular weight is 411 g/mol. The molecule has 1 N–H and O–H groups in total. The second-order valence-electron chi connectivity index (χ2n) is 7.01. The Morgan fingerprint density at radius 2 is 1.86 bits per heavy atom. The Bertz CT molecular complexity index is 892. The number of halogens is 4. The second-order valence-corrected chi connectivity index (χ2v) is 7.01. The van der Waals surface area contributed by atoms with E-state index in [-0.39, 0.29) is 29.4 Å². The van der Waals surface area contributed by atoms with Gasteiger partial charge in [-0.05, 0) is 61.2 Å². The van der Waals surface area contributed by atoms with E-state index in [1.165, 1.54) is 25.1 Å². The number of alkyl halides is 3. The summed E-state index contributed by atoms with van der Waals surface area (Å²) in [7, 11) is 0. The van der Waals surface area contributed by atoms with Crippen molar-refractivity contribution in [1.82, 2.24) is 4.90 Å². The molecule has 1 heterocycles. The number of hydrogen-bond donors (Lipinski definition) is 1. The normalized spacial score (nSPS) is 15.4. The summed E-state index contributed by atoms with van der Waals surface area (Å²) in [5.74, 6) is -1.20. The number of carbonyl (C=O) groups is 1. The van der Waals surface area contributed by atoms with E-state index in [0.29, 0.717) is 18.7 Å². The molecule has 2 aromatic carbocycles. The molecule has 0 saturated carbocycles. The van der Waals surface area contributed by atoms with Gasteiger partial charge in [0.25, 0.3) is 5.91 Å². The summed E-state index contributed by atoms with van der Waals surface area (Å²) in [6, 6.07) is 6.60. The van der Waals surface area contributed by atoms with Crippen LogP contribution in [0.25, 0.3) is 11.1 Å². The molecule has 29 heavy (non-hydrogen) atoms. The number of aliphatic hydroxyl groups excluding tert-OH is 1. The van der Waals surface area contributed by atoms with Gasteiger partial charge in [-0.1, -0.05) is 6.07 Å². The van der Waals surface area contributed by atoms with Gasteiger partial charge in [0.05, 0.1) is 12.2 Å². The molecule has 3 rings (SSSR count). The van der Waals surface area contributed by atoms with Crippen molar-refractivity contribution in [2.45, 2.75) is 38.7 Å². The van der Waals surface area contributed by atoms with Crippen molar-refractivity contribution in [1.29, 1.82) is 0 Å². The molecule has 156 valence electrons. The number of ether oxygens (including phenoxy) is 1. The summed E-state index contributed by atoms with van der Waals surface area (Å²) < 4.78 is 60.0. The van der Waals surface area contributed by atoms with Crippen LogP contribution in [0.5, 0.6) is 5.75 Å². The zero-order valence-electron chi connectivity index (χ0n) is 15.8. The van der Waals surface area contributed by atoms with Crippen molar-refractivity contribution in [2.24, 2.45) is 0 Å². The van der Waals surface area contributed by atoms with Gasteiger partial charge in [-0.3, -0.25) is 4.79 Å². The van der Waals surface area contributed by atoms with Crippen molar-refractivity contribution in [3.05, 3.63) is 53.3 Å². The van der Waals surface area contributed by atoms with Gasteiger partial charge in [0.1, 0.15) is 11.6 Å². The van der Waals surface area contributed by atoms with Crippen LogP contribution in [0.2, 0.25) is 0 Å². The van der Waals surface area contributed by atoms with Crippen molar-refractivity contribution in [2.75, 3.05) is 13.1 Å². The fraction of sp³-hybridized carbons (Fsp3) is 0.381. The van der Waals surface area contributed by atoms with Crippen LogP contribution in [0, 0.1) is 5.82 Å². The summed E-state index contributed by atoms with van der Waals surface area (Å²) >= 11 is 0. The van der Waals surface area contributed by atoms with Crippen LogP contribution in [-0.4, -0.2) is 35.1 Å². The van der Waals surface area contributed by atoms with Crippen LogP contribution in [0.3, 0.4) is 0 Å². The van der Waals surface area contributed by atoms with E-state index in [1.807, 2.05) is 0 Å². The van der Waals surface area contributed by atoms with Crippen LogP contribution < -0.4 is 4.74 Å².